The van der Waals surface area contributed by atoms with Crippen LogP contribution in [0.3, 0.4) is 0 Å². The Balaban J connectivity index is 1.48. The molecule has 0 aliphatic carbocycles. The molecule has 2 fully saturated rings. The highest BCUT2D eigenvalue weighted by molar-refractivity contribution is 7.89. The van der Waals surface area contributed by atoms with Crippen molar-refractivity contribution >= 4 is 42.6 Å². The maximum Gasteiger partial charge on any atom is 0.247 e. The van der Waals surface area contributed by atoms with Crippen molar-refractivity contribution in [1.29, 1.82) is 0 Å². The van der Waals surface area contributed by atoms with Gasteiger partial charge in [0.25, 0.3) is 0 Å². The van der Waals surface area contributed by atoms with Gasteiger partial charge in [0.1, 0.15) is 11.8 Å². The lowest BCUT2D eigenvalue weighted by Gasteiger charge is -2.29. The minimum atomic E-state index is -3.85. The van der Waals surface area contributed by atoms with Gasteiger partial charge >= 0.3 is 0 Å². The van der Waals surface area contributed by atoms with Crippen molar-refractivity contribution in [3.8, 4) is 5.75 Å². The van der Waals surface area contributed by atoms with E-state index in [1.807, 2.05) is 25.1 Å². The van der Waals surface area contributed by atoms with E-state index in [1.54, 1.807) is 17.0 Å². The van der Waals surface area contributed by atoms with Crippen LogP contribution in [0.1, 0.15) is 31.2 Å². The molecule has 0 saturated carbocycles. The molecule has 8 nitrogen and oxygen atoms in total. The fourth-order valence-corrected chi connectivity index (χ4v) is 7.49. The van der Waals surface area contributed by atoms with Gasteiger partial charge in [-0.15, -0.1) is 0 Å². The van der Waals surface area contributed by atoms with E-state index < -0.39 is 16.1 Å². The Hall–Kier alpha value is -2.53. The molecular weight excluding hydrogens is 486 g/mol. The van der Waals surface area contributed by atoms with Crippen molar-refractivity contribution in [2.45, 2.75) is 49.6 Å². The average molecular weight is 516 g/mol. The third-order valence-corrected chi connectivity index (χ3v) is 9.64. The molecule has 3 aromatic rings. The summed E-state index contributed by atoms with van der Waals surface area (Å²) >= 11 is 1.46. The third-order valence-electron chi connectivity index (χ3n) is 6.67. The molecule has 2 saturated heterocycles. The van der Waals surface area contributed by atoms with Gasteiger partial charge in [0.15, 0.2) is 5.13 Å². The molecule has 186 valence electrons. The quantitative estimate of drug-likeness (QED) is 0.473. The Morgan fingerprint density at radius 3 is 2.69 bits per heavy atom. The second-order valence-electron chi connectivity index (χ2n) is 8.95. The molecule has 0 bridgehead atoms. The van der Waals surface area contributed by atoms with Crippen molar-refractivity contribution in [2.75, 3.05) is 31.7 Å². The van der Waals surface area contributed by atoms with Crippen LogP contribution in [0.5, 0.6) is 5.75 Å². The van der Waals surface area contributed by atoms with E-state index in [0.29, 0.717) is 43.4 Å². The fraction of sp³-hybridized carbons (Fsp3) is 0.440. The van der Waals surface area contributed by atoms with Gasteiger partial charge in [-0.25, -0.2) is 13.4 Å². The van der Waals surface area contributed by atoms with E-state index in [1.165, 1.54) is 34.9 Å². The zero-order chi connectivity index (χ0) is 24.6. The van der Waals surface area contributed by atoms with Crippen LogP contribution in [-0.4, -0.2) is 62.6 Å². The zero-order valence-corrected chi connectivity index (χ0v) is 21.5. The summed E-state index contributed by atoms with van der Waals surface area (Å²) in [5, 5.41) is 0.587. The summed E-state index contributed by atoms with van der Waals surface area (Å²) in [6, 6.07) is 11.5. The van der Waals surface area contributed by atoms with Crippen LogP contribution in [-0.2, 0) is 19.6 Å². The predicted molar refractivity (Wildman–Crippen MR) is 136 cm³/mol. The second-order valence-corrected chi connectivity index (χ2v) is 11.9. The number of rotatable bonds is 7. The van der Waals surface area contributed by atoms with Crippen LogP contribution in [0.15, 0.2) is 47.4 Å². The van der Waals surface area contributed by atoms with E-state index >= 15 is 0 Å². The van der Waals surface area contributed by atoms with Crippen LogP contribution < -0.4 is 9.64 Å². The zero-order valence-electron chi connectivity index (χ0n) is 19.8. The summed E-state index contributed by atoms with van der Waals surface area (Å²) < 4.78 is 40.4. The maximum absolute atomic E-state index is 14.0. The SMILES string of the molecule is COc1ccc(S(=O)(=O)N2CCCC2C(=O)N(CC2CCCO2)c2nc3c(C)cccc3s2)cc1. The van der Waals surface area contributed by atoms with Crippen molar-refractivity contribution in [1.82, 2.24) is 9.29 Å². The number of ether oxygens (including phenoxy) is 2. The lowest BCUT2D eigenvalue weighted by Crippen LogP contribution is -2.49. The summed E-state index contributed by atoms with van der Waals surface area (Å²) in [7, 11) is -2.32. The number of carbonyl (C=O) groups excluding carboxylic acids is 1. The van der Waals surface area contributed by atoms with Crippen LogP contribution in [0.25, 0.3) is 10.2 Å². The average Bonchev–Trinajstić information content (AvgIpc) is 3.63. The van der Waals surface area contributed by atoms with E-state index in [-0.39, 0.29) is 16.9 Å². The summed E-state index contributed by atoms with van der Waals surface area (Å²) in [6.45, 7) is 3.34. The molecule has 2 aromatic carbocycles. The number of fused-ring (bicyclic) bond motifs is 1. The van der Waals surface area contributed by atoms with Crippen LogP contribution in [0.2, 0.25) is 0 Å². The van der Waals surface area contributed by atoms with Crippen LogP contribution >= 0.6 is 11.3 Å². The summed E-state index contributed by atoms with van der Waals surface area (Å²) in [4.78, 5) is 20.6. The van der Waals surface area contributed by atoms with E-state index in [2.05, 4.69) is 0 Å². The topological polar surface area (TPSA) is 89.0 Å². The van der Waals surface area contributed by atoms with Crippen LogP contribution in [0.4, 0.5) is 5.13 Å². The van der Waals surface area contributed by atoms with Gasteiger partial charge in [-0.3, -0.25) is 9.69 Å². The number of hydrogen-bond acceptors (Lipinski definition) is 7. The molecule has 2 aliphatic rings. The molecule has 1 amide bonds. The maximum atomic E-state index is 14.0. The van der Waals surface area contributed by atoms with E-state index in [9.17, 15) is 13.2 Å². The van der Waals surface area contributed by atoms with Crippen molar-refractivity contribution in [2.24, 2.45) is 0 Å². The summed E-state index contributed by atoms with van der Waals surface area (Å²) in [5.74, 6) is 0.332. The third kappa shape index (κ3) is 4.67. The van der Waals surface area contributed by atoms with E-state index in [0.717, 1.165) is 28.6 Å². The molecule has 2 aliphatic heterocycles. The highest BCUT2D eigenvalue weighted by Crippen LogP contribution is 2.34. The van der Waals surface area contributed by atoms with Gasteiger partial charge < -0.3 is 9.47 Å². The van der Waals surface area contributed by atoms with Gasteiger partial charge in [-0.1, -0.05) is 23.5 Å². The number of aromatic nitrogens is 1. The first-order chi connectivity index (χ1) is 16.9. The molecule has 3 heterocycles. The lowest BCUT2D eigenvalue weighted by molar-refractivity contribution is -0.122. The summed E-state index contributed by atoms with van der Waals surface area (Å²) in [6.07, 6.45) is 2.83. The molecule has 0 spiro atoms. The Kier molecular flexibility index (Phi) is 6.80. The number of anilines is 1. The number of nitrogens with zero attached hydrogens (tertiary/aromatic N) is 3. The molecule has 2 unspecified atom stereocenters. The van der Waals surface area contributed by atoms with Gasteiger partial charge in [-0.2, -0.15) is 4.31 Å². The Morgan fingerprint density at radius 2 is 2.00 bits per heavy atom. The van der Waals surface area contributed by atoms with E-state index in [4.69, 9.17) is 14.5 Å². The minimum Gasteiger partial charge on any atom is -0.497 e. The predicted octanol–water partition coefficient (Wildman–Crippen LogP) is 3.98. The molecule has 10 heteroatoms. The monoisotopic (exact) mass is 515 g/mol. The number of benzene rings is 2. The lowest BCUT2D eigenvalue weighted by atomic mass is 10.2. The Labute approximate surface area is 209 Å². The first kappa shape index (κ1) is 24.2. The molecular formula is C25H29N3O5S2. The number of para-hydroxylation sites is 1. The highest BCUT2D eigenvalue weighted by atomic mass is 32.2. The number of methoxy groups -OCH3 is 1. The number of thiazole rings is 1. The van der Waals surface area contributed by atoms with Gasteiger partial charge in [0.2, 0.25) is 15.9 Å². The molecule has 2 atom stereocenters. The molecule has 1 aromatic heterocycles. The van der Waals surface area contributed by atoms with Crippen LogP contribution in [0, 0.1) is 6.92 Å². The number of sulfonamides is 1. The standard InChI is InChI=1S/C25H29N3O5S2/c1-17-6-3-9-22-23(17)26-25(34-22)27(16-19-7-5-15-33-19)24(29)21-8-4-14-28(21)35(30,31)20-12-10-18(32-2)11-13-20/h3,6,9-13,19,21H,4-5,7-8,14-16H2,1-2H3. The number of aryl methyl sites for hydroxylation is 1. The van der Waals surface area contributed by atoms with Gasteiger partial charge in [0.05, 0.1) is 34.9 Å². The van der Waals surface area contributed by atoms with Gasteiger partial charge in [0, 0.05) is 13.2 Å². The fourth-order valence-electron chi connectivity index (χ4n) is 4.78. The van der Waals surface area contributed by atoms with Gasteiger partial charge in [-0.05, 0) is 68.5 Å². The molecule has 5 rings (SSSR count). The largest absolute Gasteiger partial charge is 0.497 e. The molecule has 0 radical (unpaired) electrons. The normalized spacial score (nSPS) is 21.0. The smallest absolute Gasteiger partial charge is 0.247 e. The first-order valence-electron chi connectivity index (χ1n) is 11.8. The number of carbonyl (C=O) groups is 1. The number of hydrogen-bond donors (Lipinski definition) is 0. The van der Waals surface area contributed by atoms with Crippen molar-refractivity contribution < 1.29 is 22.7 Å². The summed E-state index contributed by atoms with van der Waals surface area (Å²) in [5.41, 5.74) is 1.91. The van der Waals surface area contributed by atoms with Crippen molar-refractivity contribution in [3.05, 3.63) is 48.0 Å². The number of amides is 1. The van der Waals surface area contributed by atoms with Crippen molar-refractivity contribution in [3.63, 3.8) is 0 Å². The Bertz CT molecular complexity index is 1320. The minimum absolute atomic E-state index is 0.0832. The second kappa shape index (κ2) is 9.85. The first-order valence-corrected chi connectivity index (χ1v) is 14.1. The Morgan fingerprint density at radius 1 is 1.20 bits per heavy atom. The molecule has 0 N–H and O–H groups in total. The highest BCUT2D eigenvalue weighted by Gasteiger charge is 2.42. The molecule has 35 heavy (non-hydrogen) atoms.